The largest absolute Gasteiger partial charge is 0.478 e. The van der Waals surface area contributed by atoms with Crippen molar-refractivity contribution in [3.63, 3.8) is 0 Å². The number of carbonyl (C=O) groups excluding carboxylic acids is 1. The first kappa shape index (κ1) is 14.7. The summed E-state index contributed by atoms with van der Waals surface area (Å²) in [6.07, 6.45) is 1.28. The van der Waals surface area contributed by atoms with Crippen LogP contribution in [0.2, 0.25) is 0 Å². The van der Waals surface area contributed by atoms with Crippen LogP contribution in [0.5, 0.6) is 0 Å². The minimum atomic E-state index is -1.02. The first-order chi connectivity index (χ1) is 10.1. The minimum Gasteiger partial charge on any atom is -0.478 e. The van der Waals surface area contributed by atoms with Crippen LogP contribution in [0.4, 0.5) is 0 Å². The van der Waals surface area contributed by atoms with Gasteiger partial charge in [0.05, 0.1) is 5.56 Å². The Morgan fingerprint density at radius 1 is 1.24 bits per heavy atom. The third-order valence-corrected chi connectivity index (χ3v) is 2.82. The van der Waals surface area contributed by atoms with Gasteiger partial charge in [0.1, 0.15) is 0 Å². The van der Waals surface area contributed by atoms with E-state index in [-0.39, 0.29) is 11.5 Å². The predicted octanol–water partition coefficient (Wildman–Crippen LogP) is 1.44. The highest BCUT2D eigenvalue weighted by molar-refractivity contribution is 5.95. The van der Waals surface area contributed by atoms with E-state index < -0.39 is 5.97 Å². The number of nitrogens with one attached hydrogen (secondary N) is 1. The van der Waals surface area contributed by atoms with Crippen molar-refractivity contribution >= 4 is 11.9 Å². The number of aromatic carboxylic acids is 1. The number of carboxylic acid groups (broad SMARTS) is 1. The van der Waals surface area contributed by atoms with E-state index in [1.54, 1.807) is 6.92 Å². The maximum absolute atomic E-state index is 11.8. The molecule has 110 valence electrons. The van der Waals surface area contributed by atoms with Gasteiger partial charge in [-0.2, -0.15) is 4.98 Å². The molecule has 2 N–H and O–H groups in total. The second kappa shape index (κ2) is 6.65. The molecule has 0 unspecified atom stereocenters. The first-order valence-electron chi connectivity index (χ1n) is 6.47. The average molecular weight is 289 g/mol. The van der Waals surface area contributed by atoms with Gasteiger partial charge in [-0.1, -0.05) is 5.16 Å². The van der Waals surface area contributed by atoms with Crippen molar-refractivity contribution in [2.24, 2.45) is 0 Å². The number of aryl methyl sites for hydroxylation is 2. The van der Waals surface area contributed by atoms with Crippen molar-refractivity contribution in [2.45, 2.75) is 19.8 Å². The van der Waals surface area contributed by atoms with E-state index in [2.05, 4.69) is 15.5 Å². The molecule has 1 aromatic heterocycles. The van der Waals surface area contributed by atoms with Gasteiger partial charge in [0.2, 0.25) is 5.89 Å². The molecule has 0 bridgehead atoms. The molecule has 1 amide bonds. The number of carboxylic acids is 1. The molecule has 21 heavy (non-hydrogen) atoms. The lowest BCUT2D eigenvalue weighted by Crippen LogP contribution is -2.24. The fourth-order valence-corrected chi connectivity index (χ4v) is 1.75. The summed E-state index contributed by atoms with van der Waals surface area (Å²) in [5, 5.41) is 15.2. The Balaban J connectivity index is 1.77. The summed E-state index contributed by atoms with van der Waals surface area (Å²) in [6, 6.07) is 5.78. The summed E-state index contributed by atoms with van der Waals surface area (Å²) < 4.78 is 4.96. The van der Waals surface area contributed by atoms with Crippen LogP contribution in [0.25, 0.3) is 0 Å². The standard InChI is InChI=1S/C14H15N3O4/c1-9-16-12(21-17-9)3-2-8-15-13(18)10-4-6-11(7-5-10)14(19)20/h4-7H,2-3,8H2,1H3,(H,15,18)(H,19,20). The van der Waals surface area contributed by atoms with Crippen molar-refractivity contribution in [1.29, 1.82) is 0 Å². The number of hydrogen-bond donors (Lipinski definition) is 2. The molecular formula is C14H15N3O4. The van der Waals surface area contributed by atoms with Gasteiger partial charge in [0, 0.05) is 18.5 Å². The Hall–Kier alpha value is -2.70. The van der Waals surface area contributed by atoms with Gasteiger partial charge in [-0.05, 0) is 37.6 Å². The number of benzene rings is 1. The summed E-state index contributed by atoms with van der Waals surface area (Å²) in [5.74, 6) is -0.120. The van der Waals surface area contributed by atoms with Crippen LogP contribution in [0, 0.1) is 6.92 Å². The zero-order valence-corrected chi connectivity index (χ0v) is 11.5. The summed E-state index contributed by atoms with van der Waals surface area (Å²) in [5.41, 5.74) is 0.576. The van der Waals surface area contributed by atoms with E-state index in [1.807, 2.05) is 0 Å². The van der Waals surface area contributed by atoms with Crippen LogP contribution in [-0.2, 0) is 6.42 Å². The van der Waals surface area contributed by atoms with Gasteiger partial charge >= 0.3 is 5.97 Å². The van der Waals surface area contributed by atoms with Crippen molar-refractivity contribution in [1.82, 2.24) is 15.5 Å². The van der Waals surface area contributed by atoms with Gasteiger partial charge in [0.15, 0.2) is 5.82 Å². The number of hydrogen-bond acceptors (Lipinski definition) is 5. The van der Waals surface area contributed by atoms with Gasteiger partial charge < -0.3 is 14.9 Å². The van der Waals surface area contributed by atoms with E-state index >= 15 is 0 Å². The summed E-state index contributed by atoms with van der Waals surface area (Å²) in [4.78, 5) is 26.6. The molecule has 0 atom stereocenters. The molecule has 0 saturated carbocycles. The van der Waals surface area contributed by atoms with Crippen LogP contribution < -0.4 is 5.32 Å². The van der Waals surface area contributed by atoms with Crippen molar-refractivity contribution in [3.05, 3.63) is 47.1 Å². The molecule has 7 heteroatoms. The summed E-state index contributed by atoms with van der Waals surface area (Å²) in [7, 11) is 0. The Morgan fingerprint density at radius 3 is 2.48 bits per heavy atom. The minimum absolute atomic E-state index is 0.151. The monoisotopic (exact) mass is 289 g/mol. The Morgan fingerprint density at radius 2 is 1.90 bits per heavy atom. The number of carbonyl (C=O) groups is 2. The maximum Gasteiger partial charge on any atom is 0.335 e. The van der Waals surface area contributed by atoms with Crippen LogP contribution in [0.3, 0.4) is 0 Å². The third kappa shape index (κ3) is 4.13. The van der Waals surface area contributed by atoms with E-state index in [4.69, 9.17) is 9.63 Å². The second-order valence-electron chi connectivity index (χ2n) is 4.48. The highest BCUT2D eigenvalue weighted by Crippen LogP contribution is 2.05. The summed E-state index contributed by atoms with van der Waals surface area (Å²) in [6.45, 7) is 2.22. The lowest BCUT2D eigenvalue weighted by atomic mass is 10.1. The van der Waals surface area contributed by atoms with Crippen LogP contribution >= 0.6 is 0 Å². The molecule has 0 saturated heterocycles. The van der Waals surface area contributed by atoms with Gasteiger partial charge in [0.25, 0.3) is 5.91 Å². The maximum atomic E-state index is 11.8. The molecule has 0 radical (unpaired) electrons. The highest BCUT2D eigenvalue weighted by Gasteiger charge is 2.08. The van der Waals surface area contributed by atoms with Crippen LogP contribution in [0.1, 0.15) is 38.9 Å². The first-order valence-corrected chi connectivity index (χ1v) is 6.47. The highest BCUT2D eigenvalue weighted by atomic mass is 16.5. The third-order valence-electron chi connectivity index (χ3n) is 2.82. The SMILES string of the molecule is Cc1noc(CCCNC(=O)c2ccc(C(=O)O)cc2)n1. The Kier molecular flexibility index (Phi) is 4.65. The normalized spacial score (nSPS) is 10.3. The zero-order valence-electron chi connectivity index (χ0n) is 11.5. The zero-order chi connectivity index (χ0) is 15.2. The van der Waals surface area contributed by atoms with Gasteiger partial charge in [-0.25, -0.2) is 4.79 Å². The molecule has 0 fully saturated rings. The summed E-state index contributed by atoms with van der Waals surface area (Å²) >= 11 is 0. The van der Waals surface area contributed by atoms with Crippen LogP contribution in [0.15, 0.2) is 28.8 Å². The fourth-order valence-electron chi connectivity index (χ4n) is 1.75. The van der Waals surface area contributed by atoms with Gasteiger partial charge in [-0.15, -0.1) is 0 Å². The molecular weight excluding hydrogens is 274 g/mol. The Bertz CT molecular complexity index is 634. The molecule has 2 aromatic rings. The molecule has 0 aliphatic carbocycles. The molecule has 7 nitrogen and oxygen atoms in total. The van der Waals surface area contributed by atoms with E-state index in [0.29, 0.717) is 36.7 Å². The van der Waals surface area contributed by atoms with Crippen LogP contribution in [-0.4, -0.2) is 33.7 Å². The van der Waals surface area contributed by atoms with Gasteiger partial charge in [-0.3, -0.25) is 4.79 Å². The van der Waals surface area contributed by atoms with Crippen molar-refractivity contribution in [2.75, 3.05) is 6.54 Å². The number of amides is 1. The lowest BCUT2D eigenvalue weighted by molar-refractivity contribution is 0.0696. The van der Waals surface area contributed by atoms with E-state index in [1.165, 1.54) is 24.3 Å². The van der Waals surface area contributed by atoms with Crippen molar-refractivity contribution in [3.8, 4) is 0 Å². The number of rotatable bonds is 6. The second-order valence-corrected chi connectivity index (χ2v) is 4.48. The molecule has 0 aliphatic rings. The predicted molar refractivity (Wildman–Crippen MR) is 73.1 cm³/mol. The van der Waals surface area contributed by atoms with E-state index in [0.717, 1.165) is 0 Å². The molecule has 1 heterocycles. The smallest absolute Gasteiger partial charge is 0.335 e. The molecule has 0 aliphatic heterocycles. The topological polar surface area (TPSA) is 105 Å². The average Bonchev–Trinajstić information content (AvgIpc) is 2.89. The Labute approximate surface area is 121 Å². The fraction of sp³-hybridized carbons (Fsp3) is 0.286. The molecule has 1 aromatic carbocycles. The van der Waals surface area contributed by atoms with Crippen molar-refractivity contribution < 1.29 is 19.2 Å². The number of aromatic nitrogens is 2. The molecule has 2 rings (SSSR count). The quantitative estimate of drug-likeness (QED) is 0.779. The lowest BCUT2D eigenvalue weighted by Gasteiger charge is -2.04. The molecule has 0 spiro atoms. The van der Waals surface area contributed by atoms with E-state index in [9.17, 15) is 9.59 Å². The number of nitrogens with zero attached hydrogens (tertiary/aromatic N) is 2.